The second-order valence-corrected chi connectivity index (χ2v) is 6.08. The molecule has 0 saturated heterocycles. The third kappa shape index (κ3) is 4.72. The maximum atomic E-state index is 12.7. The van der Waals surface area contributed by atoms with Crippen LogP contribution in [-0.4, -0.2) is 25.1 Å². The van der Waals surface area contributed by atoms with Crippen molar-refractivity contribution in [2.24, 2.45) is 0 Å². The van der Waals surface area contributed by atoms with E-state index in [9.17, 15) is 26.3 Å². The first kappa shape index (κ1) is 20.8. The van der Waals surface area contributed by atoms with Crippen molar-refractivity contribution in [3.8, 4) is 11.4 Å². The number of alkyl halides is 6. The lowest BCUT2D eigenvalue weighted by molar-refractivity contribution is -0.159. The van der Waals surface area contributed by atoms with Crippen molar-refractivity contribution < 1.29 is 30.9 Å². The number of rotatable bonds is 4. The number of nitrogens with one attached hydrogen (secondary N) is 1. The molecule has 0 aliphatic heterocycles. The maximum absolute atomic E-state index is 12.7. The van der Waals surface area contributed by atoms with Crippen LogP contribution in [0.3, 0.4) is 0 Å². The van der Waals surface area contributed by atoms with Gasteiger partial charge in [-0.3, -0.25) is 4.98 Å². The largest absolute Gasteiger partial charge is 0.471 e. The van der Waals surface area contributed by atoms with Gasteiger partial charge in [-0.15, -0.1) is 0 Å². The van der Waals surface area contributed by atoms with E-state index in [1.165, 1.54) is 0 Å². The molecule has 0 amide bonds. The van der Waals surface area contributed by atoms with Gasteiger partial charge in [0.1, 0.15) is 0 Å². The third-order valence-electron chi connectivity index (χ3n) is 3.53. The van der Waals surface area contributed by atoms with E-state index in [2.05, 4.69) is 34.9 Å². The Labute approximate surface area is 163 Å². The smallest absolute Gasteiger partial charge is 0.346 e. The highest BCUT2D eigenvalue weighted by atomic mass is 35.5. The molecule has 3 rings (SSSR count). The highest BCUT2D eigenvalue weighted by molar-refractivity contribution is 6.31. The quantitative estimate of drug-likeness (QED) is 0.586. The van der Waals surface area contributed by atoms with E-state index in [-0.39, 0.29) is 28.1 Å². The molecule has 0 aromatic carbocycles. The van der Waals surface area contributed by atoms with Crippen LogP contribution >= 0.6 is 11.6 Å². The zero-order chi connectivity index (χ0) is 21.4. The molecule has 0 spiro atoms. The lowest BCUT2D eigenvalue weighted by Gasteiger charge is -2.16. The molecule has 0 bridgehead atoms. The lowest BCUT2D eigenvalue weighted by atomic mass is 10.2. The fourth-order valence-corrected chi connectivity index (χ4v) is 2.49. The molecular weight excluding hydrogens is 430 g/mol. The van der Waals surface area contributed by atoms with Crippen LogP contribution in [0.2, 0.25) is 5.02 Å². The summed E-state index contributed by atoms with van der Waals surface area (Å²) in [5, 5.41) is 5.77. The van der Waals surface area contributed by atoms with Crippen LogP contribution in [0.25, 0.3) is 11.4 Å². The Kier molecular flexibility index (Phi) is 5.34. The normalized spacial score (nSPS) is 13.4. The maximum Gasteiger partial charge on any atom is 0.471 e. The average Bonchev–Trinajstić information content (AvgIpc) is 3.12. The Morgan fingerprint density at radius 3 is 2.17 bits per heavy atom. The molecule has 1 unspecified atom stereocenters. The summed E-state index contributed by atoms with van der Waals surface area (Å²) < 4.78 is 79.6. The fraction of sp³-hybridized carbons (Fsp3) is 0.267. The Hall–Kier alpha value is -2.96. The predicted octanol–water partition coefficient (Wildman–Crippen LogP) is 4.79. The van der Waals surface area contributed by atoms with Gasteiger partial charge in [-0.05, 0) is 13.0 Å². The van der Waals surface area contributed by atoms with Crippen LogP contribution < -0.4 is 5.32 Å². The Morgan fingerprint density at radius 1 is 1.00 bits per heavy atom. The van der Waals surface area contributed by atoms with Crippen molar-refractivity contribution in [1.29, 1.82) is 0 Å². The summed E-state index contributed by atoms with van der Waals surface area (Å²) in [6.45, 7) is 1.56. The molecule has 154 valence electrons. The van der Waals surface area contributed by atoms with Crippen molar-refractivity contribution in [2.75, 3.05) is 5.32 Å². The van der Waals surface area contributed by atoms with Gasteiger partial charge in [0.25, 0.3) is 0 Å². The summed E-state index contributed by atoms with van der Waals surface area (Å²) in [4.78, 5) is 14.7. The first-order valence-electron chi connectivity index (χ1n) is 7.67. The van der Waals surface area contributed by atoms with E-state index in [1.54, 1.807) is 6.92 Å². The van der Waals surface area contributed by atoms with Gasteiger partial charge in [0.2, 0.25) is 11.8 Å². The number of halogens is 7. The van der Waals surface area contributed by atoms with Gasteiger partial charge in [0.05, 0.1) is 27.9 Å². The van der Waals surface area contributed by atoms with Gasteiger partial charge in [0.15, 0.2) is 0 Å². The van der Waals surface area contributed by atoms with Gasteiger partial charge in [0, 0.05) is 18.6 Å². The molecule has 3 aromatic rings. The summed E-state index contributed by atoms with van der Waals surface area (Å²) in [5.41, 5.74) is -0.800. The van der Waals surface area contributed by atoms with E-state index in [0.29, 0.717) is 6.20 Å². The van der Waals surface area contributed by atoms with Crippen molar-refractivity contribution in [2.45, 2.75) is 25.3 Å². The molecule has 3 aromatic heterocycles. The molecule has 14 heteroatoms. The van der Waals surface area contributed by atoms with E-state index < -0.39 is 29.8 Å². The zero-order valence-corrected chi connectivity index (χ0v) is 14.9. The monoisotopic (exact) mass is 438 g/mol. The summed E-state index contributed by atoms with van der Waals surface area (Å²) in [6.07, 6.45) is -6.41. The predicted molar refractivity (Wildman–Crippen MR) is 86.6 cm³/mol. The molecule has 3 heterocycles. The molecule has 0 saturated carbocycles. The summed E-state index contributed by atoms with van der Waals surface area (Å²) in [7, 11) is 0. The van der Waals surface area contributed by atoms with Crippen molar-refractivity contribution in [3.05, 3.63) is 46.8 Å². The average molecular weight is 439 g/mol. The van der Waals surface area contributed by atoms with Gasteiger partial charge >= 0.3 is 18.2 Å². The molecule has 29 heavy (non-hydrogen) atoms. The van der Waals surface area contributed by atoms with Crippen LogP contribution in [0.15, 0.2) is 29.2 Å². The molecule has 0 fully saturated rings. The highest BCUT2D eigenvalue weighted by Gasteiger charge is 2.38. The minimum Gasteiger partial charge on any atom is -0.346 e. The molecule has 1 atom stereocenters. The first-order chi connectivity index (χ1) is 13.4. The van der Waals surface area contributed by atoms with E-state index in [1.807, 2.05) is 0 Å². The van der Waals surface area contributed by atoms with Gasteiger partial charge in [-0.2, -0.15) is 31.3 Å². The minimum absolute atomic E-state index is 0.0264. The second kappa shape index (κ2) is 7.46. The summed E-state index contributed by atoms with van der Waals surface area (Å²) in [6, 6.07) is 0.0816. The van der Waals surface area contributed by atoms with Crippen LogP contribution in [0.5, 0.6) is 0 Å². The van der Waals surface area contributed by atoms with Crippen molar-refractivity contribution >= 4 is 17.5 Å². The molecule has 7 nitrogen and oxygen atoms in total. The number of nitrogens with zero attached hydrogens (tertiary/aromatic N) is 5. The molecule has 1 N–H and O–H groups in total. The van der Waals surface area contributed by atoms with Crippen LogP contribution in [-0.2, 0) is 12.4 Å². The Bertz CT molecular complexity index is 1000. The topological polar surface area (TPSA) is 89.6 Å². The number of pyridine rings is 1. The lowest BCUT2D eigenvalue weighted by Crippen LogP contribution is -2.13. The molecular formula is C15H9ClF6N6O. The standard InChI is InChI=1S/C15H9ClF6N6O/c1-6(10-9(16)2-8(5-23-10)14(17,18)19)26-13-24-3-7(4-25-13)11-27-12(29-28-11)15(20,21)22/h2-6H,1H3,(H,24,25,26). The van der Waals surface area contributed by atoms with Crippen LogP contribution in [0.4, 0.5) is 32.3 Å². The zero-order valence-electron chi connectivity index (χ0n) is 14.2. The number of hydrogen-bond donors (Lipinski definition) is 1. The molecule has 0 aliphatic rings. The van der Waals surface area contributed by atoms with Crippen molar-refractivity contribution in [1.82, 2.24) is 25.1 Å². The van der Waals surface area contributed by atoms with E-state index >= 15 is 0 Å². The Balaban J connectivity index is 1.73. The summed E-state index contributed by atoms with van der Waals surface area (Å²) in [5.74, 6) is -1.84. The first-order valence-corrected chi connectivity index (χ1v) is 8.05. The number of hydrogen-bond acceptors (Lipinski definition) is 7. The molecule has 0 aliphatic carbocycles. The SMILES string of the molecule is CC(Nc1ncc(-c2noc(C(F)(F)F)n2)cn1)c1ncc(C(F)(F)F)cc1Cl. The van der Waals surface area contributed by atoms with Gasteiger partial charge in [-0.1, -0.05) is 16.8 Å². The third-order valence-corrected chi connectivity index (χ3v) is 3.83. The van der Waals surface area contributed by atoms with Crippen LogP contribution in [0, 0.1) is 0 Å². The van der Waals surface area contributed by atoms with E-state index in [0.717, 1.165) is 18.5 Å². The van der Waals surface area contributed by atoms with Gasteiger partial charge < -0.3 is 9.84 Å². The molecule has 0 radical (unpaired) electrons. The minimum atomic E-state index is -4.78. The number of anilines is 1. The van der Waals surface area contributed by atoms with E-state index in [4.69, 9.17) is 11.6 Å². The van der Waals surface area contributed by atoms with Crippen LogP contribution in [0.1, 0.15) is 30.1 Å². The van der Waals surface area contributed by atoms with Gasteiger partial charge in [-0.25, -0.2) is 9.97 Å². The highest BCUT2D eigenvalue weighted by Crippen LogP contribution is 2.33. The van der Waals surface area contributed by atoms with Crippen molar-refractivity contribution in [3.63, 3.8) is 0 Å². The number of aromatic nitrogens is 5. The second-order valence-electron chi connectivity index (χ2n) is 5.67. The Morgan fingerprint density at radius 2 is 1.66 bits per heavy atom. The summed E-state index contributed by atoms with van der Waals surface area (Å²) >= 11 is 5.88. The fourth-order valence-electron chi connectivity index (χ4n) is 2.16.